The van der Waals surface area contributed by atoms with Crippen LogP contribution in [0.3, 0.4) is 0 Å². The minimum atomic E-state index is -3.03. The Morgan fingerprint density at radius 2 is 1.74 bits per heavy atom. The zero-order valence-electron chi connectivity index (χ0n) is 15.4. The van der Waals surface area contributed by atoms with E-state index in [1.807, 2.05) is 0 Å². The van der Waals surface area contributed by atoms with Gasteiger partial charge in [-0.3, -0.25) is 9.59 Å². The van der Waals surface area contributed by atoms with E-state index in [2.05, 4.69) is 16.7 Å². The third-order valence-electron chi connectivity index (χ3n) is 5.09. The van der Waals surface area contributed by atoms with Crippen LogP contribution >= 0.6 is 0 Å². The van der Waals surface area contributed by atoms with Gasteiger partial charge < -0.3 is 10.6 Å². The highest BCUT2D eigenvalue weighted by Gasteiger charge is 2.29. The molecule has 7 heteroatoms. The van der Waals surface area contributed by atoms with E-state index in [0.29, 0.717) is 24.1 Å². The molecule has 1 aromatic rings. The van der Waals surface area contributed by atoms with Gasteiger partial charge in [-0.15, -0.1) is 0 Å². The van der Waals surface area contributed by atoms with E-state index in [9.17, 15) is 18.0 Å². The lowest BCUT2D eigenvalue weighted by Crippen LogP contribution is -2.35. The van der Waals surface area contributed by atoms with Crippen molar-refractivity contribution in [2.45, 2.75) is 44.6 Å². The van der Waals surface area contributed by atoms with Crippen molar-refractivity contribution >= 4 is 21.7 Å². The summed E-state index contributed by atoms with van der Waals surface area (Å²) in [5.74, 6) is -0.350. The van der Waals surface area contributed by atoms with Crippen molar-refractivity contribution in [2.75, 3.05) is 18.1 Å². The molecule has 1 aliphatic heterocycles. The summed E-state index contributed by atoms with van der Waals surface area (Å²) in [4.78, 5) is 24.4. The largest absolute Gasteiger partial charge is 0.352 e. The van der Waals surface area contributed by atoms with Gasteiger partial charge in [-0.1, -0.05) is 11.6 Å². The van der Waals surface area contributed by atoms with E-state index in [4.69, 9.17) is 0 Å². The molecule has 27 heavy (non-hydrogen) atoms. The minimum Gasteiger partial charge on any atom is -0.352 e. The summed E-state index contributed by atoms with van der Waals surface area (Å²) < 4.78 is 22.9. The van der Waals surface area contributed by atoms with Crippen molar-refractivity contribution in [3.8, 4) is 0 Å². The van der Waals surface area contributed by atoms with Crippen molar-refractivity contribution in [2.24, 2.45) is 0 Å². The normalized spacial score (nSPS) is 21.3. The number of hydrogen-bond acceptors (Lipinski definition) is 4. The van der Waals surface area contributed by atoms with Gasteiger partial charge >= 0.3 is 0 Å². The smallest absolute Gasteiger partial charge is 0.251 e. The molecule has 2 aliphatic rings. The van der Waals surface area contributed by atoms with Crippen LogP contribution < -0.4 is 10.6 Å². The van der Waals surface area contributed by atoms with Crippen molar-refractivity contribution in [3.63, 3.8) is 0 Å². The first-order valence-electron chi connectivity index (χ1n) is 9.50. The number of sulfone groups is 1. The van der Waals surface area contributed by atoms with Crippen LogP contribution in [-0.2, 0) is 9.84 Å². The highest BCUT2D eigenvalue weighted by Crippen LogP contribution is 2.19. The van der Waals surface area contributed by atoms with E-state index in [1.54, 1.807) is 24.3 Å². The fourth-order valence-corrected chi connectivity index (χ4v) is 5.19. The number of rotatable bonds is 6. The fourth-order valence-electron chi connectivity index (χ4n) is 3.52. The average Bonchev–Trinajstić information content (AvgIpc) is 3.01. The SMILES string of the molecule is O=C(NCCC1=CCCCC1)c1ccc(C(=O)NC2CCS(=O)(=O)C2)cc1. The molecule has 146 valence electrons. The van der Waals surface area contributed by atoms with Crippen LogP contribution in [0.1, 0.15) is 59.2 Å². The van der Waals surface area contributed by atoms with Gasteiger partial charge in [-0.2, -0.15) is 0 Å². The van der Waals surface area contributed by atoms with Gasteiger partial charge in [0.05, 0.1) is 11.5 Å². The van der Waals surface area contributed by atoms with Gasteiger partial charge in [-0.05, 0) is 62.8 Å². The van der Waals surface area contributed by atoms with Gasteiger partial charge in [0.1, 0.15) is 0 Å². The first-order chi connectivity index (χ1) is 12.9. The zero-order chi connectivity index (χ0) is 19.3. The lowest BCUT2D eigenvalue weighted by atomic mass is 9.97. The second-order valence-electron chi connectivity index (χ2n) is 7.26. The lowest BCUT2D eigenvalue weighted by Gasteiger charge is -2.13. The number of carbonyl (C=O) groups is 2. The average molecular weight is 391 g/mol. The molecule has 0 saturated carbocycles. The summed E-state index contributed by atoms with van der Waals surface area (Å²) in [7, 11) is -3.03. The second kappa shape index (κ2) is 8.69. The predicted octanol–water partition coefficient (Wildman–Crippen LogP) is 2.22. The molecular formula is C20H26N2O4S. The minimum absolute atomic E-state index is 0.00430. The first kappa shape index (κ1) is 19.6. The summed E-state index contributed by atoms with van der Waals surface area (Å²) in [6.45, 7) is 0.614. The lowest BCUT2D eigenvalue weighted by molar-refractivity contribution is 0.0934. The molecule has 1 atom stereocenters. The summed E-state index contributed by atoms with van der Waals surface area (Å²) in [5.41, 5.74) is 2.35. The second-order valence-corrected chi connectivity index (χ2v) is 9.49. The molecule has 1 aliphatic carbocycles. The molecule has 1 fully saturated rings. The third-order valence-corrected chi connectivity index (χ3v) is 6.86. The van der Waals surface area contributed by atoms with E-state index >= 15 is 0 Å². The van der Waals surface area contributed by atoms with Gasteiger partial charge in [0, 0.05) is 23.7 Å². The van der Waals surface area contributed by atoms with Crippen LogP contribution in [0.15, 0.2) is 35.9 Å². The topological polar surface area (TPSA) is 92.3 Å². The quantitative estimate of drug-likeness (QED) is 0.729. The zero-order valence-corrected chi connectivity index (χ0v) is 16.2. The van der Waals surface area contributed by atoms with E-state index in [0.717, 1.165) is 19.3 Å². The molecule has 2 N–H and O–H groups in total. The molecule has 0 bridgehead atoms. The maximum Gasteiger partial charge on any atom is 0.251 e. The Bertz CT molecular complexity index is 828. The van der Waals surface area contributed by atoms with Crippen LogP contribution in [0.5, 0.6) is 0 Å². The van der Waals surface area contributed by atoms with E-state index < -0.39 is 9.84 Å². The number of allylic oxidation sites excluding steroid dienone is 1. The monoisotopic (exact) mass is 390 g/mol. The first-order valence-corrected chi connectivity index (χ1v) is 11.3. The molecule has 3 rings (SSSR count). The molecule has 2 amide bonds. The molecule has 1 aromatic carbocycles. The molecule has 1 saturated heterocycles. The Morgan fingerprint density at radius 1 is 1.04 bits per heavy atom. The standard InChI is InChI=1S/C20H26N2O4S/c23-19(21-12-10-15-4-2-1-3-5-15)16-6-8-17(9-7-16)20(24)22-18-11-13-27(25,26)14-18/h4,6-9,18H,1-3,5,10-14H2,(H,21,23)(H,22,24). The summed E-state index contributed by atoms with van der Waals surface area (Å²) in [5, 5.41) is 5.66. The highest BCUT2D eigenvalue weighted by atomic mass is 32.2. The highest BCUT2D eigenvalue weighted by molar-refractivity contribution is 7.91. The summed E-state index contributed by atoms with van der Waals surface area (Å²) >= 11 is 0. The van der Waals surface area contributed by atoms with Gasteiger partial charge in [0.2, 0.25) is 0 Å². The predicted molar refractivity (Wildman–Crippen MR) is 104 cm³/mol. The Balaban J connectivity index is 1.48. The van der Waals surface area contributed by atoms with Gasteiger partial charge in [0.15, 0.2) is 9.84 Å². The molecule has 1 unspecified atom stereocenters. The van der Waals surface area contributed by atoms with E-state index in [-0.39, 0.29) is 29.4 Å². The number of amides is 2. The molecule has 6 nitrogen and oxygen atoms in total. The number of benzene rings is 1. The van der Waals surface area contributed by atoms with Crippen LogP contribution in [0.4, 0.5) is 0 Å². The van der Waals surface area contributed by atoms with Crippen LogP contribution in [0.2, 0.25) is 0 Å². The maximum atomic E-state index is 12.2. The fraction of sp³-hybridized carbons (Fsp3) is 0.500. The van der Waals surface area contributed by atoms with Crippen molar-refractivity contribution in [1.29, 1.82) is 0 Å². The Labute approximate surface area is 160 Å². The number of nitrogens with one attached hydrogen (secondary N) is 2. The molecule has 0 aromatic heterocycles. The number of carbonyl (C=O) groups excluding carboxylic acids is 2. The van der Waals surface area contributed by atoms with Crippen LogP contribution in [-0.4, -0.2) is 44.3 Å². The summed E-state index contributed by atoms with van der Waals surface area (Å²) in [6.07, 6.45) is 8.37. The van der Waals surface area contributed by atoms with Crippen molar-refractivity contribution in [1.82, 2.24) is 10.6 Å². The molecular weight excluding hydrogens is 364 g/mol. The van der Waals surface area contributed by atoms with Crippen LogP contribution in [0.25, 0.3) is 0 Å². The van der Waals surface area contributed by atoms with Crippen LogP contribution in [0, 0.1) is 0 Å². The molecule has 0 radical (unpaired) electrons. The van der Waals surface area contributed by atoms with Gasteiger partial charge in [-0.25, -0.2) is 8.42 Å². The summed E-state index contributed by atoms with van der Waals surface area (Å²) in [6, 6.07) is 6.10. The van der Waals surface area contributed by atoms with Gasteiger partial charge in [0.25, 0.3) is 11.8 Å². The molecule has 0 spiro atoms. The van der Waals surface area contributed by atoms with Crippen molar-refractivity contribution < 1.29 is 18.0 Å². The Kier molecular flexibility index (Phi) is 6.31. The van der Waals surface area contributed by atoms with E-state index in [1.165, 1.54) is 18.4 Å². The maximum absolute atomic E-state index is 12.2. The Morgan fingerprint density at radius 3 is 2.33 bits per heavy atom. The van der Waals surface area contributed by atoms with Crippen molar-refractivity contribution in [3.05, 3.63) is 47.0 Å². The Hall–Kier alpha value is -2.15. The number of hydrogen-bond donors (Lipinski definition) is 2. The molecule has 1 heterocycles. The third kappa shape index (κ3) is 5.66.